The molecule has 1 unspecified atom stereocenters. The number of hydrogen-bond donors (Lipinski definition) is 1. The van der Waals surface area contributed by atoms with Crippen molar-refractivity contribution in [3.8, 4) is 0 Å². The molecule has 5 nitrogen and oxygen atoms in total. The predicted octanol–water partition coefficient (Wildman–Crippen LogP) is -0.0682. The molecule has 2 fully saturated rings. The molecular weight excluding hydrogens is 216 g/mol. The van der Waals surface area contributed by atoms with Crippen LogP contribution < -0.4 is 0 Å². The molecule has 2 rings (SSSR count). The number of amidine groups is 1. The molecule has 0 aromatic heterocycles. The van der Waals surface area contributed by atoms with Gasteiger partial charge >= 0.3 is 0 Å². The summed E-state index contributed by atoms with van der Waals surface area (Å²) in [5, 5.41) is 8.26. The highest BCUT2D eigenvalue weighted by Gasteiger charge is 2.27. The lowest BCUT2D eigenvalue weighted by molar-refractivity contribution is 0.00118. The lowest BCUT2D eigenvalue weighted by atomic mass is 10.2. The van der Waals surface area contributed by atoms with Crippen molar-refractivity contribution < 1.29 is 4.74 Å². The summed E-state index contributed by atoms with van der Waals surface area (Å²) >= 11 is 0. The Balaban J connectivity index is 1.86. The van der Waals surface area contributed by atoms with E-state index in [4.69, 9.17) is 10.1 Å². The van der Waals surface area contributed by atoms with Crippen molar-refractivity contribution in [1.29, 1.82) is 5.41 Å². The van der Waals surface area contributed by atoms with Crippen LogP contribution in [0.25, 0.3) is 0 Å². The summed E-state index contributed by atoms with van der Waals surface area (Å²) < 4.78 is 5.73. The highest BCUT2D eigenvalue weighted by Crippen LogP contribution is 2.10. The lowest BCUT2D eigenvalue weighted by Gasteiger charge is -2.39. The lowest BCUT2D eigenvalue weighted by Crippen LogP contribution is -2.54. The van der Waals surface area contributed by atoms with Crippen LogP contribution in [0, 0.1) is 5.41 Å². The van der Waals surface area contributed by atoms with Crippen LogP contribution in [0.4, 0.5) is 0 Å². The minimum atomic E-state index is -0.0212. The van der Waals surface area contributed by atoms with E-state index in [-0.39, 0.29) is 6.10 Å². The van der Waals surface area contributed by atoms with Gasteiger partial charge in [0.15, 0.2) is 0 Å². The Morgan fingerprint density at radius 1 is 1.24 bits per heavy atom. The van der Waals surface area contributed by atoms with E-state index in [1.807, 2.05) is 0 Å². The molecule has 5 heteroatoms. The van der Waals surface area contributed by atoms with E-state index < -0.39 is 0 Å². The quantitative estimate of drug-likeness (QED) is 0.542. The Morgan fingerprint density at radius 2 is 1.94 bits per heavy atom. The van der Waals surface area contributed by atoms with Crippen molar-refractivity contribution in [2.75, 3.05) is 59.5 Å². The molecule has 2 aliphatic rings. The molecule has 17 heavy (non-hydrogen) atoms. The van der Waals surface area contributed by atoms with Gasteiger partial charge in [-0.3, -0.25) is 10.3 Å². The van der Waals surface area contributed by atoms with Gasteiger partial charge in [-0.1, -0.05) is 6.92 Å². The van der Waals surface area contributed by atoms with Gasteiger partial charge in [-0.15, -0.1) is 0 Å². The van der Waals surface area contributed by atoms with E-state index in [1.165, 1.54) is 0 Å². The largest absolute Gasteiger partial charge is 0.368 e. The third-order valence-corrected chi connectivity index (χ3v) is 3.75. The van der Waals surface area contributed by atoms with Gasteiger partial charge in [-0.25, -0.2) is 0 Å². The maximum atomic E-state index is 8.26. The standard InChI is InChI=1S/C12H24N4O/c1-3-15-8-9-17-11(10-15)12(13)16-6-4-14(2)5-7-16/h11,13H,3-10H2,1-2H3. The molecule has 2 aliphatic heterocycles. The molecule has 2 heterocycles. The fourth-order valence-corrected chi connectivity index (χ4v) is 2.41. The number of likely N-dealkylation sites (N-methyl/N-ethyl adjacent to an activating group) is 2. The molecule has 0 amide bonds. The predicted molar refractivity (Wildman–Crippen MR) is 68.7 cm³/mol. The van der Waals surface area contributed by atoms with Crippen molar-refractivity contribution in [2.45, 2.75) is 13.0 Å². The average Bonchev–Trinajstić information content (AvgIpc) is 2.39. The maximum absolute atomic E-state index is 8.26. The Kier molecular flexibility index (Phi) is 4.36. The second-order valence-corrected chi connectivity index (χ2v) is 4.93. The van der Waals surface area contributed by atoms with Gasteiger partial charge < -0.3 is 14.5 Å². The Bertz CT molecular complexity index is 263. The van der Waals surface area contributed by atoms with Crippen molar-refractivity contribution in [3.63, 3.8) is 0 Å². The topological polar surface area (TPSA) is 42.8 Å². The molecule has 1 atom stereocenters. The number of nitrogens with zero attached hydrogens (tertiary/aromatic N) is 3. The second-order valence-electron chi connectivity index (χ2n) is 4.93. The van der Waals surface area contributed by atoms with Gasteiger partial charge in [-0.2, -0.15) is 0 Å². The summed E-state index contributed by atoms with van der Waals surface area (Å²) in [7, 11) is 2.14. The van der Waals surface area contributed by atoms with Crippen molar-refractivity contribution >= 4 is 5.84 Å². The highest BCUT2D eigenvalue weighted by atomic mass is 16.5. The van der Waals surface area contributed by atoms with E-state index in [1.54, 1.807) is 0 Å². The van der Waals surface area contributed by atoms with E-state index in [9.17, 15) is 0 Å². The van der Waals surface area contributed by atoms with Gasteiger partial charge in [0.25, 0.3) is 0 Å². The van der Waals surface area contributed by atoms with Crippen molar-refractivity contribution in [3.05, 3.63) is 0 Å². The fourth-order valence-electron chi connectivity index (χ4n) is 2.41. The van der Waals surface area contributed by atoms with E-state index >= 15 is 0 Å². The monoisotopic (exact) mass is 240 g/mol. The van der Waals surface area contributed by atoms with Crippen LogP contribution in [0.15, 0.2) is 0 Å². The minimum Gasteiger partial charge on any atom is -0.368 e. The summed E-state index contributed by atoms with van der Waals surface area (Å²) in [6.45, 7) is 9.87. The number of hydrogen-bond acceptors (Lipinski definition) is 4. The number of morpholine rings is 1. The molecular formula is C12H24N4O. The minimum absolute atomic E-state index is 0.0212. The van der Waals surface area contributed by atoms with Gasteiger partial charge in [0.1, 0.15) is 11.9 Å². The summed E-state index contributed by atoms with van der Waals surface area (Å²) in [4.78, 5) is 6.84. The molecule has 1 N–H and O–H groups in total. The Labute approximate surface area is 104 Å². The number of rotatable bonds is 2. The third kappa shape index (κ3) is 3.18. The number of ether oxygens (including phenoxy) is 1. The third-order valence-electron chi connectivity index (χ3n) is 3.75. The zero-order valence-electron chi connectivity index (χ0n) is 11.0. The van der Waals surface area contributed by atoms with Crippen LogP contribution in [0.3, 0.4) is 0 Å². The first-order valence-corrected chi connectivity index (χ1v) is 6.56. The van der Waals surface area contributed by atoms with Gasteiger partial charge in [0.05, 0.1) is 6.61 Å². The number of piperazine rings is 1. The van der Waals surface area contributed by atoms with Crippen LogP contribution in [-0.4, -0.2) is 86.1 Å². The van der Waals surface area contributed by atoms with Crippen LogP contribution in [0.1, 0.15) is 6.92 Å². The molecule has 0 spiro atoms. The van der Waals surface area contributed by atoms with Gasteiger partial charge in [0, 0.05) is 39.3 Å². The SMILES string of the molecule is CCN1CCOC(C(=N)N2CCN(C)CC2)C1. The van der Waals surface area contributed by atoms with E-state index in [2.05, 4.69) is 28.7 Å². The summed E-state index contributed by atoms with van der Waals surface area (Å²) in [6, 6.07) is 0. The van der Waals surface area contributed by atoms with Crippen LogP contribution in [-0.2, 0) is 4.74 Å². The van der Waals surface area contributed by atoms with Gasteiger partial charge in [-0.05, 0) is 13.6 Å². The molecule has 0 bridgehead atoms. The molecule has 0 saturated carbocycles. The molecule has 98 valence electrons. The zero-order valence-corrected chi connectivity index (χ0v) is 11.0. The Hall–Kier alpha value is -0.650. The molecule has 0 aromatic carbocycles. The highest BCUT2D eigenvalue weighted by molar-refractivity contribution is 5.84. The normalized spacial score (nSPS) is 28.4. The van der Waals surface area contributed by atoms with Crippen LogP contribution in [0.5, 0.6) is 0 Å². The molecule has 0 aromatic rings. The zero-order chi connectivity index (χ0) is 12.3. The number of nitrogens with one attached hydrogen (secondary N) is 1. The smallest absolute Gasteiger partial charge is 0.127 e. The molecule has 0 aliphatic carbocycles. The van der Waals surface area contributed by atoms with E-state index in [0.717, 1.165) is 52.4 Å². The molecule has 2 saturated heterocycles. The maximum Gasteiger partial charge on any atom is 0.127 e. The summed E-state index contributed by atoms with van der Waals surface area (Å²) in [6.07, 6.45) is -0.0212. The van der Waals surface area contributed by atoms with Crippen LogP contribution in [0.2, 0.25) is 0 Å². The van der Waals surface area contributed by atoms with E-state index in [0.29, 0.717) is 5.84 Å². The first-order valence-electron chi connectivity index (χ1n) is 6.56. The summed E-state index contributed by atoms with van der Waals surface area (Å²) in [5.74, 6) is 0.677. The van der Waals surface area contributed by atoms with Crippen LogP contribution >= 0.6 is 0 Å². The summed E-state index contributed by atoms with van der Waals surface area (Å²) in [5.41, 5.74) is 0. The first kappa shape index (κ1) is 12.8. The molecule has 0 radical (unpaired) electrons. The van der Waals surface area contributed by atoms with Crippen molar-refractivity contribution in [2.24, 2.45) is 0 Å². The fraction of sp³-hybridized carbons (Fsp3) is 0.917. The Morgan fingerprint density at radius 3 is 2.59 bits per heavy atom. The van der Waals surface area contributed by atoms with Crippen molar-refractivity contribution in [1.82, 2.24) is 14.7 Å². The average molecular weight is 240 g/mol. The second kappa shape index (κ2) is 5.80. The van der Waals surface area contributed by atoms with Gasteiger partial charge in [0.2, 0.25) is 0 Å². The first-order chi connectivity index (χ1) is 8.20.